The first-order valence-corrected chi connectivity index (χ1v) is 6.35. The van der Waals surface area contributed by atoms with Crippen molar-refractivity contribution in [3.63, 3.8) is 0 Å². The molecule has 1 amide bonds. The van der Waals surface area contributed by atoms with Crippen molar-refractivity contribution in [2.45, 2.75) is 32.4 Å². The number of hydrogen-bond acceptors (Lipinski definition) is 2. The maximum atomic E-state index is 13.1. The number of amides is 1. The van der Waals surface area contributed by atoms with Gasteiger partial charge in [0, 0.05) is 19.7 Å². The molecule has 3 nitrogen and oxygen atoms in total. The Hall–Kier alpha value is -1.42. The highest BCUT2D eigenvalue weighted by molar-refractivity contribution is 5.81. The molecule has 0 N–H and O–H groups in total. The lowest BCUT2D eigenvalue weighted by molar-refractivity contribution is -0.141. The number of rotatable bonds is 4. The number of halogens is 1. The first-order valence-electron chi connectivity index (χ1n) is 6.35. The van der Waals surface area contributed by atoms with Gasteiger partial charge in [0.2, 0.25) is 0 Å². The Bertz CT molecular complexity index is 416. The molecule has 0 aliphatic carbocycles. The van der Waals surface area contributed by atoms with Gasteiger partial charge in [0.05, 0.1) is 0 Å². The van der Waals surface area contributed by atoms with Gasteiger partial charge in [-0.05, 0) is 37.5 Å². The van der Waals surface area contributed by atoms with Crippen LogP contribution >= 0.6 is 0 Å². The van der Waals surface area contributed by atoms with E-state index in [1.54, 1.807) is 11.0 Å². The van der Waals surface area contributed by atoms with Crippen LogP contribution < -0.4 is 0 Å². The fourth-order valence-electron chi connectivity index (χ4n) is 2.18. The molecular weight excluding hydrogens is 233 g/mol. The van der Waals surface area contributed by atoms with E-state index in [0.29, 0.717) is 19.7 Å². The fraction of sp³-hybridized carbons (Fsp3) is 0.500. The van der Waals surface area contributed by atoms with Crippen LogP contribution in [0.2, 0.25) is 0 Å². The predicted molar refractivity (Wildman–Crippen MR) is 66.5 cm³/mol. The maximum absolute atomic E-state index is 13.1. The first-order chi connectivity index (χ1) is 8.70. The van der Waals surface area contributed by atoms with Crippen LogP contribution in [0.5, 0.6) is 0 Å². The summed E-state index contributed by atoms with van der Waals surface area (Å²) in [5, 5.41) is 0. The number of nitrogens with zero attached hydrogens (tertiary/aromatic N) is 1. The Kier molecular flexibility index (Phi) is 4.31. The molecule has 1 aromatic carbocycles. The fourth-order valence-corrected chi connectivity index (χ4v) is 2.18. The summed E-state index contributed by atoms with van der Waals surface area (Å²) in [6, 6.07) is 6.36. The third-order valence-electron chi connectivity index (χ3n) is 3.16. The summed E-state index contributed by atoms with van der Waals surface area (Å²) in [5.74, 6) is -0.257. The van der Waals surface area contributed by atoms with Gasteiger partial charge in [0.1, 0.15) is 11.9 Å². The molecule has 1 aliphatic rings. The predicted octanol–water partition coefficient (Wildman–Crippen LogP) is 2.35. The molecule has 2 rings (SSSR count). The van der Waals surface area contributed by atoms with Crippen LogP contribution in [0.25, 0.3) is 0 Å². The van der Waals surface area contributed by atoms with Crippen molar-refractivity contribution in [2.75, 3.05) is 13.2 Å². The minimum atomic E-state index is -0.307. The molecule has 0 unspecified atom stereocenters. The lowest BCUT2D eigenvalue weighted by atomic mass is 10.1. The van der Waals surface area contributed by atoms with E-state index in [2.05, 4.69) is 0 Å². The number of carbonyl (C=O) groups is 1. The Morgan fingerprint density at radius 2 is 2.39 bits per heavy atom. The Balaban J connectivity index is 2.02. The molecule has 0 saturated carbocycles. The molecule has 0 aromatic heterocycles. The average molecular weight is 251 g/mol. The molecule has 98 valence electrons. The van der Waals surface area contributed by atoms with Gasteiger partial charge in [-0.15, -0.1) is 0 Å². The zero-order valence-electron chi connectivity index (χ0n) is 10.6. The Morgan fingerprint density at radius 1 is 1.56 bits per heavy atom. The number of benzene rings is 1. The summed E-state index contributed by atoms with van der Waals surface area (Å²) in [4.78, 5) is 13.9. The van der Waals surface area contributed by atoms with E-state index in [1.165, 1.54) is 12.1 Å². The minimum absolute atomic E-state index is 0.0132. The average Bonchev–Trinajstić information content (AvgIpc) is 2.89. The summed E-state index contributed by atoms with van der Waals surface area (Å²) in [6.07, 6.45) is 1.42. The molecule has 1 saturated heterocycles. The molecular formula is C14H18FNO2. The van der Waals surface area contributed by atoms with E-state index in [9.17, 15) is 9.18 Å². The molecule has 1 aliphatic heterocycles. The third kappa shape index (κ3) is 3.07. The van der Waals surface area contributed by atoms with Crippen molar-refractivity contribution in [2.24, 2.45) is 0 Å². The van der Waals surface area contributed by atoms with Crippen molar-refractivity contribution >= 4 is 5.91 Å². The normalized spacial score (nSPS) is 18.9. The topological polar surface area (TPSA) is 29.5 Å². The van der Waals surface area contributed by atoms with E-state index in [4.69, 9.17) is 4.74 Å². The molecule has 0 bridgehead atoms. The van der Waals surface area contributed by atoms with Gasteiger partial charge in [-0.1, -0.05) is 12.1 Å². The second-order valence-electron chi connectivity index (χ2n) is 4.48. The van der Waals surface area contributed by atoms with Gasteiger partial charge in [0.25, 0.3) is 5.91 Å². The molecule has 1 aromatic rings. The third-order valence-corrected chi connectivity index (χ3v) is 3.16. The highest BCUT2D eigenvalue weighted by atomic mass is 19.1. The number of carbonyl (C=O) groups excluding carboxylic acids is 1. The second-order valence-corrected chi connectivity index (χ2v) is 4.48. The summed E-state index contributed by atoms with van der Waals surface area (Å²) in [6.45, 7) is 3.63. The smallest absolute Gasteiger partial charge is 0.251 e. The second kappa shape index (κ2) is 5.96. The zero-order chi connectivity index (χ0) is 13.0. The molecule has 1 atom stereocenters. The standard InChI is InChI=1S/C14H18FNO2/c1-2-16(14(17)13-7-4-8-18-13)10-11-5-3-6-12(15)9-11/h3,5-6,9,13H,2,4,7-8,10H2,1H3/t13-/m0/s1. The van der Waals surface area contributed by atoms with Gasteiger partial charge >= 0.3 is 0 Å². The van der Waals surface area contributed by atoms with Crippen LogP contribution in [0.1, 0.15) is 25.3 Å². The SMILES string of the molecule is CCN(Cc1cccc(F)c1)C(=O)[C@@H]1CCCO1. The summed E-state index contributed by atoms with van der Waals surface area (Å²) >= 11 is 0. The van der Waals surface area contributed by atoms with Gasteiger partial charge in [-0.2, -0.15) is 0 Å². The van der Waals surface area contributed by atoms with Gasteiger partial charge in [-0.25, -0.2) is 4.39 Å². The van der Waals surface area contributed by atoms with Crippen molar-refractivity contribution in [1.29, 1.82) is 0 Å². The number of ether oxygens (including phenoxy) is 1. The van der Waals surface area contributed by atoms with Crippen LogP contribution in [-0.4, -0.2) is 30.1 Å². The molecule has 0 spiro atoms. The largest absolute Gasteiger partial charge is 0.368 e. The summed E-state index contributed by atoms with van der Waals surface area (Å²) in [7, 11) is 0. The molecule has 4 heteroatoms. The van der Waals surface area contributed by atoms with Crippen molar-refractivity contribution in [3.05, 3.63) is 35.6 Å². The van der Waals surface area contributed by atoms with Crippen LogP contribution in [0.15, 0.2) is 24.3 Å². The van der Waals surface area contributed by atoms with Gasteiger partial charge < -0.3 is 9.64 Å². The van der Waals surface area contributed by atoms with E-state index in [0.717, 1.165) is 18.4 Å². The van der Waals surface area contributed by atoms with Crippen molar-refractivity contribution < 1.29 is 13.9 Å². The molecule has 1 heterocycles. The van der Waals surface area contributed by atoms with Crippen molar-refractivity contribution in [1.82, 2.24) is 4.90 Å². The number of likely N-dealkylation sites (N-methyl/N-ethyl adjacent to an activating group) is 1. The van der Waals surface area contributed by atoms with E-state index in [-0.39, 0.29) is 17.8 Å². The summed E-state index contributed by atoms with van der Waals surface area (Å²) < 4.78 is 18.5. The van der Waals surface area contributed by atoms with Crippen LogP contribution in [0, 0.1) is 5.82 Å². The lowest BCUT2D eigenvalue weighted by Crippen LogP contribution is -2.38. The van der Waals surface area contributed by atoms with Crippen LogP contribution in [0.4, 0.5) is 4.39 Å². The molecule has 0 radical (unpaired) electrons. The van der Waals surface area contributed by atoms with Crippen LogP contribution in [-0.2, 0) is 16.1 Å². The van der Waals surface area contributed by atoms with E-state index < -0.39 is 0 Å². The molecule has 18 heavy (non-hydrogen) atoms. The Labute approximate surface area is 107 Å². The highest BCUT2D eigenvalue weighted by Crippen LogP contribution is 2.16. The lowest BCUT2D eigenvalue weighted by Gasteiger charge is -2.23. The van der Waals surface area contributed by atoms with Gasteiger partial charge in [-0.3, -0.25) is 4.79 Å². The zero-order valence-corrected chi connectivity index (χ0v) is 10.6. The van der Waals surface area contributed by atoms with Crippen molar-refractivity contribution in [3.8, 4) is 0 Å². The monoisotopic (exact) mass is 251 g/mol. The maximum Gasteiger partial charge on any atom is 0.251 e. The van der Waals surface area contributed by atoms with E-state index in [1.807, 2.05) is 13.0 Å². The van der Waals surface area contributed by atoms with Crippen LogP contribution in [0.3, 0.4) is 0 Å². The minimum Gasteiger partial charge on any atom is -0.368 e. The highest BCUT2D eigenvalue weighted by Gasteiger charge is 2.27. The Morgan fingerprint density at radius 3 is 3.00 bits per heavy atom. The number of hydrogen-bond donors (Lipinski definition) is 0. The first kappa shape index (κ1) is 13.0. The molecule has 1 fully saturated rings. The van der Waals surface area contributed by atoms with Gasteiger partial charge in [0.15, 0.2) is 0 Å². The summed E-state index contributed by atoms with van der Waals surface area (Å²) in [5.41, 5.74) is 0.809. The quantitative estimate of drug-likeness (QED) is 0.822. The van der Waals surface area contributed by atoms with E-state index >= 15 is 0 Å².